The minimum Gasteiger partial charge on any atom is -0.451 e. The molecule has 0 aromatic carbocycles. The summed E-state index contributed by atoms with van der Waals surface area (Å²) in [6.45, 7) is 2.01. The molecule has 1 N–H and O–H groups in total. The van der Waals surface area contributed by atoms with Gasteiger partial charge in [0.15, 0.2) is 6.61 Å². The van der Waals surface area contributed by atoms with Gasteiger partial charge >= 0.3 is 5.97 Å². The van der Waals surface area contributed by atoms with Crippen LogP contribution in [-0.4, -0.2) is 25.5 Å². The smallest absolute Gasteiger partial charge is 0.348 e. The molecule has 1 atom stereocenters. The predicted molar refractivity (Wildman–Crippen MR) is 69.9 cm³/mol. The Kier molecular flexibility index (Phi) is 4.01. The molecule has 1 aromatic heterocycles. The number of ether oxygens (including phenoxy) is 1. The molecule has 0 bridgehead atoms. The first-order valence-corrected chi connectivity index (χ1v) is 6.91. The van der Waals surface area contributed by atoms with Gasteiger partial charge in [-0.1, -0.05) is 6.92 Å². The first kappa shape index (κ1) is 13.1. The van der Waals surface area contributed by atoms with Crippen LogP contribution in [-0.2, 0) is 22.4 Å². The molecule has 5 heteroatoms. The number of rotatable bonds is 3. The average Bonchev–Trinajstić information content (AvgIpc) is 2.78. The van der Waals surface area contributed by atoms with Gasteiger partial charge in [-0.25, -0.2) is 4.79 Å². The van der Waals surface area contributed by atoms with Crippen LogP contribution in [0.25, 0.3) is 0 Å². The summed E-state index contributed by atoms with van der Waals surface area (Å²) in [4.78, 5) is 24.7. The number of thiophene rings is 1. The fourth-order valence-corrected chi connectivity index (χ4v) is 3.18. The summed E-state index contributed by atoms with van der Waals surface area (Å²) >= 11 is 1.50. The van der Waals surface area contributed by atoms with Gasteiger partial charge in [-0.15, -0.1) is 11.3 Å². The molecule has 0 saturated heterocycles. The van der Waals surface area contributed by atoms with Crippen LogP contribution in [0.2, 0.25) is 0 Å². The quantitative estimate of drug-likeness (QED) is 0.849. The fourth-order valence-electron chi connectivity index (χ4n) is 2.08. The topological polar surface area (TPSA) is 55.4 Å². The molecule has 1 aliphatic carbocycles. The molecule has 0 spiro atoms. The minimum atomic E-state index is -0.398. The number of aryl methyl sites for hydroxylation is 1. The second-order valence-electron chi connectivity index (χ2n) is 4.66. The van der Waals surface area contributed by atoms with Crippen molar-refractivity contribution >= 4 is 23.2 Å². The zero-order valence-corrected chi connectivity index (χ0v) is 11.4. The third-order valence-corrected chi connectivity index (χ3v) is 4.36. The van der Waals surface area contributed by atoms with Crippen molar-refractivity contribution in [3.05, 3.63) is 21.4 Å². The van der Waals surface area contributed by atoms with Crippen LogP contribution in [0.4, 0.5) is 0 Å². The summed E-state index contributed by atoms with van der Waals surface area (Å²) in [7, 11) is 1.52. The number of carbonyl (C=O) groups excluding carboxylic acids is 2. The number of hydrogen-bond acceptors (Lipinski definition) is 4. The molecule has 1 heterocycles. The molecule has 0 aliphatic heterocycles. The average molecular weight is 267 g/mol. The van der Waals surface area contributed by atoms with E-state index >= 15 is 0 Å². The van der Waals surface area contributed by atoms with Crippen LogP contribution in [0, 0.1) is 5.92 Å². The molecule has 1 amide bonds. The molecule has 1 aromatic rings. The predicted octanol–water partition coefficient (Wildman–Crippen LogP) is 1.78. The lowest BCUT2D eigenvalue weighted by atomic mass is 9.90. The van der Waals surface area contributed by atoms with Gasteiger partial charge in [0.1, 0.15) is 4.88 Å². The molecule has 98 valence electrons. The van der Waals surface area contributed by atoms with Crippen molar-refractivity contribution in [1.29, 1.82) is 0 Å². The first-order valence-electron chi connectivity index (χ1n) is 6.09. The number of hydrogen-bond donors (Lipinski definition) is 1. The van der Waals surface area contributed by atoms with Gasteiger partial charge in [-0.05, 0) is 36.8 Å². The van der Waals surface area contributed by atoms with E-state index in [1.165, 1.54) is 35.2 Å². The van der Waals surface area contributed by atoms with E-state index in [2.05, 4.69) is 12.2 Å². The van der Waals surface area contributed by atoms with E-state index in [0.29, 0.717) is 10.8 Å². The molecule has 18 heavy (non-hydrogen) atoms. The number of amides is 1. The van der Waals surface area contributed by atoms with Gasteiger partial charge in [0.25, 0.3) is 5.91 Å². The van der Waals surface area contributed by atoms with Crippen molar-refractivity contribution in [1.82, 2.24) is 5.32 Å². The lowest BCUT2D eigenvalue weighted by Crippen LogP contribution is -2.24. The van der Waals surface area contributed by atoms with Gasteiger partial charge in [0.2, 0.25) is 0 Å². The molecule has 1 aliphatic rings. The first-order chi connectivity index (χ1) is 8.60. The van der Waals surface area contributed by atoms with Gasteiger partial charge < -0.3 is 10.1 Å². The van der Waals surface area contributed by atoms with E-state index in [-0.39, 0.29) is 12.5 Å². The highest BCUT2D eigenvalue weighted by atomic mass is 32.1. The molecular weight excluding hydrogens is 250 g/mol. The summed E-state index contributed by atoms with van der Waals surface area (Å²) in [5.74, 6) is -0.00853. The maximum absolute atomic E-state index is 11.8. The molecule has 0 unspecified atom stereocenters. The Labute approximate surface area is 110 Å². The molecule has 0 radical (unpaired) electrons. The van der Waals surface area contributed by atoms with Gasteiger partial charge in [0.05, 0.1) is 0 Å². The highest BCUT2D eigenvalue weighted by molar-refractivity contribution is 7.14. The van der Waals surface area contributed by atoms with Crippen LogP contribution in [0.3, 0.4) is 0 Å². The SMILES string of the molecule is CNC(=O)COC(=O)c1cc2c(s1)CC[C@@H](C)C2. The van der Waals surface area contributed by atoms with Crippen LogP contribution in [0.5, 0.6) is 0 Å². The van der Waals surface area contributed by atoms with E-state index in [4.69, 9.17) is 4.74 Å². The van der Waals surface area contributed by atoms with Gasteiger partial charge in [-0.3, -0.25) is 4.79 Å². The number of esters is 1. The lowest BCUT2D eigenvalue weighted by Gasteiger charge is -2.16. The van der Waals surface area contributed by atoms with E-state index in [0.717, 1.165) is 12.8 Å². The third kappa shape index (κ3) is 2.90. The molecule has 4 nitrogen and oxygen atoms in total. The summed E-state index contributed by atoms with van der Waals surface area (Å²) in [5, 5.41) is 2.41. The molecule has 0 fully saturated rings. The highest BCUT2D eigenvalue weighted by Gasteiger charge is 2.21. The van der Waals surface area contributed by atoms with Crippen molar-refractivity contribution in [3.8, 4) is 0 Å². The normalized spacial score (nSPS) is 18.0. The number of carbonyl (C=O) groups is 2. The molecule has 2 rings (SSSR count). The van der Waals surface area contributed by atoms with E-state index < -0.39 is 5.97 Å². The van der Waals surface area contributed by atoms with E-state index in [9.17, 15) is 9.59 Å². The Hall–Kier alpha value is -1.36. The third-order valence-electron chi connectivity index (χ3n) is 3.14. The van der Waals surface area contributed by atoms with Crippen molar-refractivity contribution in [2.24, 2.45) is 5.92 Å². The minimum absolute atomic E-state index is 0.214. The fraction of sp³-hybridized carbons (Fsp3) is 0.538. The van der Waals surface area contributed by atoms with Gasteiger partial charge in [-0.2, -0.15) is 0 Å². The number of likely N-dealkylation sites (N-methyl/N-ethyl adjacent to an activating group) is 1. The van der Waals surface area contributed by atoms with E-state index in [1.807, 2.05) is 6.07 Å². The standard InChI is InChI=1S/C13H17NO3S/c1-8-3-4-10-9(5-8)6-11(18-10)13(16)17-7-12(15)14-2/h6,8H,3-5,7H2,1-2H3,(H,14,15)/t8-/m1/s1. The number of fused-ring (bicyclic) bond motifs is 1. The molecule has 0 saturated carbocycles. The van der Waals surface area contributed by atoms with Crippen LogP contribution in [0.15, 0.2) is 6.07 Å². The van der Waals surface area contributed by atoms with Crippen molar-refractivity contribution in [2.45, 2.75) is 26.2 Å². The Morgan fingerprint density at radius 2 is 2.33 bits per heavy atom. The van der Waals surface area contributed by atoms with Crippen LogP contribution >= 0.6 is 11.3 Å². The monoisotopic (exact) mass is 267 g/mol. The van der Waals surface area contributed by atoms with Crippen molar-refractivity contribution in [2.75, 3.05) is 13.7 Å². The summed E-state index contributed by atoms with van der Waals surface area (Å²) in [6, 6.07) is 1.92. The van der Waals surface area contributed by atoms with Crippen molar-refractivity contribution in [3.63, 3.8) is 0 Å². The Morgan fingerprint density at radius 1 is 1.56 bits per heavy atom. The Bertz CT molecular complexity index is 467. The second kappa shape index (κ2) is 5.52. The Balaban J connectivity index is 2.01. The van der Waals surface area contributed by atoms with Crippen LogP contribution in [0.1, 0.15) is 33.5 Å². The molecular formula is C13H17NO3S. The van der Waals surface area contributed by atoms with Crippen LogP contribution < -0.4 is 5.32 Å². The Morgan fingerprint density at radius 3 is 3.06 bits per heavy atom. The maximum atomic E-state index is 11.8. The summed E-state index contributed by atoms with van der Waals surface area (Å²) in [6.07, 6.45) is 3.26. The maximum Gasteiger partial charge on any atom is 0.348 e. The lowest BCUT2D eigenvalue weighted by molar-refractivity contribution is -0.123. The van der Waals surface area contributed by atoms with Crippen molar-refractivity contribution < 1.29 is 14.3 Å². The zero-order chi connectivity index (χ0) is 13.1. The van der Waals surface area contributed by atoms with E-state index in [1.54, 1.807) is 0 Å². The van der Waals surface area contributed by atoms with Gasteiger partial charge in [0, 0.05) is 11.9 Å². The number of nitrogens with one attached hydrogen (secondary N) is 1. The summed E-state index contributed by atoms with van der Waals surface area (Å²) in [5.41, 5.74) is 1.27. The second-order valence-corrected chi connectivity index (χ2v) is 5.79. The zero-order valence-electron chi connectivity index (χ0n) is 10.6. The summed E-state index contributed by atoms with van der Waals surface area (Å²) < 4.78 is 4.94. The highest BCUT2D eigenvalue weighted by Crippen LogP contribution is 2.32. The largest absolute Gasteiger partial charge is 0.451 e.